The maximum Gasteiger partial charge on any atom is 0.252 e. The normalized spacial score (nSPS) is 11.9. The SMILES string of the molecule is COCc1ccccc1C(=O)N[C@H](CO)c1ccccc1. The summed E-state index contributed by atoms with van der Waals surface area (Å²) < 4.78 is 5.11. The molecule has 21 heavy (non-hydrogen) atoms. The standard InChI is InChI=1S/C17H19NO3/c1-21-12-14-9-5-6-10-15(14)17(20)18-16(11-19)13-7-3-2-4-8-13/h2-10,16,19H,11-12H2,1H3,(H,18,20)/t16-/m1/s1. The molecule has 2 N–H and O–H groups in total. The summed E-state index contributed by atoms with van der Waals surface area (Å²) in [6, 6.07) is 16.3. The summed E-state index contributed by atoms with van der Waals surface area (Å²) in [6.45, 7) is 0.223. The molecule has 2 aromatic rings. The van der Waals surface area contributed by atoms with Gasteiger partial charge in [-0.2, -0.15) is 0 Å². The van der Waals surface area contributed by atoms with Gasteiger partial charge in [-0.3, -0.25) is 4.79 Å². The summed E-state index contributed by atoms with van der Waals surface area (Å²) in [7, 11) is 1.59. The smallest absolute Gasteiger partial charge is 0.252 e. The van der Waals surface area contributed by atoms with E-state index in [2.05, 4.69) is 5.32 Å². The fourth-order valence-electron chi connectivity index (χ4n) is 2.18. The van der Waals surface area contributed by atoms with Gasteiger partial charge in [0.15, 0.2) is 0 Å². The number of nitrogens with one attached hydrogen (secondary N) is 1. The van der Waals surface area contributed by atoms with Crippen LogP contribution in [0.2, 0.25) is 0 Å². The Morgan fingerprint density at radius 3 is 2.48 bits per heavy atom. The quantitative estimate of drug-likeness (QED) is 0.856. The predicted octanol–water partition coefficient (Wildman–Crippen LogP) is 2.30. The highest BCUT2D eigenvalue weighted by atomic mass is 16.5. The zero-order valence-electron chi connectivity index (χ0n) is 12.0. The lowest BCUT2D eigenvalue weighted by Gasteiger charge is -2.18. The van der Waals surface area contributed by atoms with Gasteiger partial charge in [0, 0.05) is 12.7 Å². The molecule has 0 aliphatic rings. The summed E-state index contributed by atoms with van der Waals surface area (Å²) in [6.07, 6.45) is 0. The van der Waals surface area contributed by atoms with Crippen molar-refractivity contribution in [3.8, 4) is 0 Å². The van der Waals surface area contributed by atoms with Crippen LogP contribution < -0.4 is 5.32 Å². The number of methoxy groups -OCH3 is 1. The van der Waals surface area contributed by atoms with E-state index in [-0.39, 0.29) is 12.5 Å². The second-order valence-electron chi connectivity index (χ2n) is 4.71. The van der Waals surface area contributed by atoms with Crippen molar-refractivity contribution in [2.45, 2.75) is 12.6 Å². The van der Waals surface area contributed by atoms with Crippen molar-refractivity contribution in [2.24, 2.45) is 0 Å². The molecule has 0 aliphatic carbocycles. The lowest BCUT2D eigenvalue weighted by atomic mass is 10.0. The number of ether oxygens (including phenoxy) is 1. The molecule has 0 saturated carbocycles. The Balaban J connectivity index is 2.17. The fraction of sp³-hybridized carbons (Fsp3) is 0.235. The molecule has 1 atom stereocenters. The maximum absolute atomic E-state index is 12.4. The van der Waals surface area contributed by atoms with E-state index < -0.39 is 6.04 Å². The van der Waals surface area contributed by atoms with Crippen LogP contribution in [0.3, 0.4) is 0 Å². The van der Waals surface area contributed by atoms with Gasteiger partial charge >= 0.3 is 0 Å². The van der Waals surface area contributed by atoms with Crippen molar-refractivity contribution < 1.29 is 14.6 Å². The van der Waals surface area contributed by atoms with Crippen LogP contribution in [0.1, 0.15) is 27.5 Å². The number of benzene rings is 2. The van der Waals surface area contributed by atoms with E-state index >= 15 is 0 Å². The summed E-state index contributed by atoms with van der Waals surface area (Å²) in [5.74, 6) is -0.217. The highest BCUT2D eigenvalue weighted by molar-refractivity contribution is 5.95. The highest BCUT2D eigenvalue weighted by Crippen LogP contribution is 2.15. The Morgan fingerprint density at radius 1 is 1.14 bits per heavy atom. The van der Waals surface area contributed by atoms with E-state index in [1.165, 1.54) is 0 Å². The molecule has 0 spiro atoms. The molecule has 0 heterocycles. The zero-order valence-corrected chi connectivity index (χ0v) is 12.0. The minimum atomic E-state index is -0.422. The van der Waals surface area contributed by atoms with Crippen molar-refractivity contribution in [3.63, 3.8) is 0 Å². The van der Waals surface area contributed by atoms with Gasteiger partial charge in [0.2, 0.25) is 0 Å². The largest absolute Gasteiger partial charge is 0.394 e. The first kappa shape index (κ1) is 15.2. The lowest BCUT2D eigenvalue weighted by Crippen LogP contribution is -2.31. The topological polar surface area (TPSA) is 58.6 Å². The molecule has 0 bridgehead atoms. The molecular formula is C17H19NO3. The number of amides is 1. The number of aliphatic hydroxyl groups excluding tert-OH is 1. The first-order chi connectivity index (χ1) is 10.3. The van der Waals surface area contributed by atoms with Crippen LogP contribution in [-0.2, 0) is 11.3 Å². The highest BCUT2D eigenvalue weighted by Gasteiger charge is 2.16. The average Bonchev–Trinajstić information content (AvgIpc) is 2.54. The van der Waals surface area contributed by atoms with Crippen molar-refractivity contribution in [1.82, 2.24) is 5.32 Å². The van der Waals surface area contributed by atoms with E-state index in [0.717, 1.165) is 11.1 Å². The monoisotopic (exact) mass is 285 g/mol. The lowest BCUT2D eigenvalue weighted by molar-refractivity contribution is 0.0911. The van der Waals surface area contributed by atoms with Crippen molar-refractivity contribution in [1.29, 1.82) is 0 Å². The third-order valence-corrected chi connectivity index (χ3v) is 3.25. The second-order valence-corrected chi connectivity index (χ2v) is 4.71. The first-order valence-electron chi connectivity index (χ1n) is 6.79. The Kier molecular flexibility index (Phi) is 5.49. The summed E-state index contributed by atoms with van der Waals surface area (Å²) in [4.78, 5) is 12.4. The van der Waals surface area contributed by atoms with Gasteiger partial charge in [-0.05, 0) is 17.2 Å². The molecule has 0 aromatic heterocycles. The number of carbonyl (C=O) groups is 1. The van der Waals surface area contributed by atoms with E-state index in [1.54, 1.807) is 13.2 Å². The Morgan fingerprint density at radius 2 is 1.81 bits per heavy atom. The third kappa shape index (κ3) is 3.90. The number of aliphatic hydroxyl groups is 1. The van der Waals surface area contributed by atoms with Gasteiger partial charge in [-0.15, -0.1) is 0 Å². The van der Waals surface area contributed by atoms with Crippen LogP contribution >= 0.6 is 0 Å². The van der Waals surface area contributed by atoms with E-state index in [4.69, 9.17) is 4.74 Å². The molecule has 2 rings (SSSR count). The summed E-state index contributed by atoms with van der Waals surface area (Å²) in [5, 5.41) is 12.4. The molecule has 0 fully saturated rings. The van der Waals surface area contributed by atoms with E-state index in [9.17, 15) is 9.90 Å². The molecule has 0 aliphatic heterocycles. The van der Waals surface area contributed by atoms with E-state index in [0.29, 0.717) is 12.2 Å². The third-order valence-electron chi connectivity index (χ3n) is 3.25. The van der Waals surface area contributed by atoms with Gasteiger partial charge in [0.05, 0.1) is 19.3 Å². The number of carbonyl (C=O) groups excluding carboxylic acids is 1. The fourth-order valence-corrected chi connectivity index (χ4v) is 2.18. The second kappa shape index (κ2) is 7.57. The molecule has 4 heteroatoms. The van der Waals surface area contributed by atoms with Crippen LogP contribution in [0.4, 0.5) is 0 Å². The maximum atomic E-state index is 12.4. The van der Waals surface area contributed by atoms with Crippen LogP contribution in [0.15, 0.2) is 54.6 Å². The van der Waals surface area contributed by atoms with Crippen molar-refractivity contribution in [2.75, 3.05) is 13.7 Å². The Bertz CT molecular complexity index is 584. The molecule has 0 unspecified atom stereocenters. The molecule has 110 valence electrons. The Hall–Kier alpha value is -2.17. The molecule has 0 radical (unpaired) electrons. The molecule has 0 saturated heterocycles. The molecule has 4 nitrogen and oxygen atoms in total. The Labute approximate surface area is 124 Å². The zero-order chi connectivity index (χ0) is 15.1. The van der Waals surface area contributed by atoms with Gasteiger partial charge in [-0.1, -0.05) is 48.5 Å². The molecular weight excluding hydrogens is 266 g/mol. The van der Waals surface area contributed by atoms with Crippen molar-refractivity contribution >= 4 is 5.91 Å². The van der Waals surface area contributed by atoms with E-state index in [1.807, 2.05) is 48.5 Å². The average molecular weight is 285 g/mol. The number of hydrogen-bond acceptors (Lipinski definition) is 3. The first-order valence-corrected chi connectivity index (χ1v) is 6.79. The van der Waals surface area contributed by atoms with Gasteiger partial charge in [0.25, 0.3) is 5.91 Å². The van der Waals surface area contributed by atoms with Crippen LogP contribution in [-0.4, -0.2) is 24.7 Å². The summed E-state index contributed by atoms with van der Waals surface area (Å²) in [5.41, 5.74) is 2.26. The minimum Gasteiger partial charge on any atom is -0.394 e. The van der Waals surface area contributed by atoms with Crippen LogP contribution in [0.25, 0.3) is 0 Å². The van der Waals surface area contributed by atoms with Crippen molar-refractivity contribution in [3.05, 3.63) is 71.3 Å². The number of hydrogen-bond donors (Lipinski definition) is 2. The van der Waals surface area contributed by atoms with Gasteiger partial charge in [-0.25, -0.2) is 0 Å². The minimum absolute atomic E-state index is 0.151. The van der Waals surface area contributed by atoms with Gasteiger partial charge < -0.3 is 15.2 Å². The van der Waals surface area contributed by atoms with Gasteiger partial charge in [0.1, 0.15) is 0 Å². The van der Waals surface area contributed by atoms with Crippen LogP contribution in [0, 0.1) is 0 Å². The molecule has 2 aromatic carbocycles. The predicted molar refractivity (Wildman–Crippen MR) is 80.9 cm³/mol. The molecule has 1 amide bonds. The number of rotatable bonds is 6. The summed E-state index contributed by atoms with van der Waals surface area (Å²) >= 11 is 0. The van der Waals surface area contributed by atoms with Crippen LogP contribution in [0.5, 0.6) is 0 Å².